The number of amides is 2. The number of primary amides is 1. The predicted molar refractivity (Wildman–Crippen MR) is 64.4 cm³/mol. The van der Waals surface area contributed by atoms with Gasteiger partial charge in [-0.25, -0.2) is 0 Å². The Kier molecular flexibility index (Phi) is 4.69. The zero-order chi connectivity index (χ0) is 12.8. The molecule has 0 radical (unpaired) electrons. The molecule has 0 aliphatic heterocycles. The van der Waals surface area contributed by atoms with Gasteiger partial charge in [0.15, 0.2) is 0 Å². The average molecular weight is 252 g/mol. The highest BCUT2D eigenvalue weighted by molar-refractivity contribution is 7.10. The molecule has 1 aromatic rings. The minimum atomic E-state index is -0.714. The summed E-state index contributed by atoms with van der Waals surface area (Å²) in [7, 11) is 0. The normalized spacial score (nSPS) is 11.2. The Morgan fingerprint density at radius 2 is 2.35 bits per heavy atom. The van der Waals surface area contributed by atoms with Gasteiger partial charge in [0.2, 0.25) is 5.91 Å². The molecular weight excluding hydrogens is 240 g/mol. The molecule has 1 atom stereocenters. The predicted octanol–water partition coefficient (Wildman–Crippen LogP) is -0.304. The SMILES string of the molecule is CC(NC(=O)c1csc(C#CCO)c1)C(N)=O. The van der Waals surface area contributed by atoms with Gasteiger partial charge in [0.05, 0.1) is 10.4 Å². The molecule has 1 heterocycles. The fraction of sp³-hybridized carbons (Fsp3) is 0.273. The van der Waals surface area contributed by atoms with Crippen LogP contribution < -0.4 is 11.1 Å². The number of carbonyl (C=O) groups excluding carboxylic acids is 2. The summed E-state index contributed by atoms with van der Waals surface area (Å²) < 4.78 is 0. The molecule has 0 aromatic carbocycles. The lowest BCUT2D eigenvalue weighted by Gasteiger charge is -2.08. The smallest absolute Gasteiger partial charge is 0.252 e. The number of rotatable bonds is 3. The highest BCUT2D eigenvalue weighted by atomic mass is 32.1. The number of thiophene rings is 1. The zero-order valence-electron chi connectivity index (χ0n) is 9.19. The number of hydrogen-bond acceptors (Lipinski definition) is 4. The van der Waals surface area contributed by atoms with Gasteiger partial charge in [0, 0.05) is 5.38 Å². The second-order valence-electron chi connectivity index (χ2n) is 3.26. The first-order valence-electron chi connectivity index (χ1n) is 4.83. The van der Waals surface area contributed by atoms with Crippen LogP contribution in [-0.4, -0.2) is 29.6 Å². The molecular formula is C11H12N2O3S. The van der Waals surface area contributed by atoms with Crippen LogP contribution in [0.25, 0.3) is 0 Å². The molecule has 0 bridgehead atoms. The largest absolute Gasteiger partial charge is 0.384 e. The number of nitrogens with one attached hydrogen (secondary N) is 1. The number of nitrogens with two attached hydrogens (primary N) is 1. The summed E-state index contributed by atoms with van der Waals surface area (Å²) in [5, 5.41) is 12.6. The molecule has 1 aromatic heterocycles. The Labute approximate surface area is 103 Å². The third kappa shape index (κ3) is 3.90. The highest BCUT2D eigenvalue weighted by Gasteiger charge is 2.14. The van der Waals surface area contributed by atoms with Crippen molar-refractivity contribution in [1.29, 1.82) is 0 Å². The van der Waals surface area contributed by atoms with Gasteiger partial charge in [-0.2, -0.15) is 0 Å². The number of aliphatic hydroxyl groups is 1. The maximum atomic E-state index is 11.6. The summed E-state index contributed by atoms with van der Waals surface area (Å²) in [6.45, 7) is 1.29. The van der Waals surface area contributed by atoms with E-state index in [4.69, 9.17) is 10.8 Å². The van der Waals surface area contributed by atoms with Crippen LogP contribution in [0.3, 0.4) is 0 Å². The molecule has 4 N–H and O–H groups in total. The average Bonchev–Trinajstić information content (AvgIpc) is 2.74. The summed E-state index contributed by atoms with van der Waals surface area (Å²) >= 11 is 1.29. The van der Waals surface area contributed by atoms with Crippen molar-refractivity contribution >= 4 is 23.2 Å². The molecule has 0 aliphatic carbocycles. The molecule has 0 fully saturated rings. The minimum Gasteiger partial charge on any atom is -0.384 e. The van der Waals surface area contributed by atoms with E-state index in [0.717, 1.165) is 0 Å². The van der Waals surface area contributed by atoms with E-state index in [0.29, 0.717) is 10.4 Å². The van der Waals surface area contributed by atoms with E-state index in [1.807, 2.05) is 0 Å². The van der Waals surface area contributed by atoms with E-state index in [9.17, 15) is 9.59 Å². The van der Waals surface area contributed by atoms with E-state index in [1.165, 1.54) is 18.3 Å². The third-order valence-corrected chi connectivity index (χ3v) is 2.77. The van der Waals surface area contributed by atoms with Crippen molar-refractivity contribution < 1.29 is 14.7 Å². The van der Waals surface area contributed by atoms with Crippen LogP contribution in [-0.2, 0) is 4.79 Å². The molecule has 0 saturated carbocycles. The van der Waals surface area contributed by atoms with Gasteiger partial charge in [0.25, 0.3) is 5.91 Å². The number of hydrogen-bond donors (Lipinski definition) is 3. The molecule has 0 spiro atoms. The summed E-state index contributed by atoms with van der Waals surface area (Å²) in [5.74, 6) is 4.22. The molecule has 1 unspecified atom stereocenters. The molecule has 90 valence electrons. The van der Waals surface area contributed by atoms with Crippen molar-refractivity contribution in [1.82, 2.24) is 5.32 Å². The van der Waals surface area contributed by atoms with Gasteiger partial charge in [-0.15, -0.1) is 11.3 Å². The Balaban J connectivity index is 2.70. The van der Waals surface area contributed by atoms with Crippen molar-refractivity contribution in [2.45, 2.75) is 13.0 Å². The van der Waals surface area contributed by atoms with Crippen LogP contribution in [0.2, 0.25) is 0 Å². The van der Waals surface area contributed by atoms with Gasteiger partial charge in [0.1, 0.15) is 12.6 Å². The van der Waals surface area contributed by atoms with Crippen molar-refractivity contribution in [3.05, 3.63) is 21.9 Å². The van der Waals surface area contributed by atoms with Crippen LogP contribution >= 0.6 is 11.3 Å². The van der Waals surface area contributed by atoms with Crippen LogP contribution in [0, 0.1) is 11.8 Å². The first kappa shape index (κ1) is 13.2. The molecule has 5 nitrogen and oxygen atoms in total. The maximum Gasteiger partial charge on any atom is 0.252 e. The fourth-order valence-corrected chi connectivity index (χ4v) is 1.75. The van der Waals surface area contributed by atoms with Gasteiger partial charge in [-0.3, -0.25) is 9.59 Å². The molecule has 0 aliphatic rings. The summed E-state index contributed by atoms with van der Waals surface area (Å²) in [5.41, 5.74) is 5.45. The fourth-order valence-electron chi connectivity index (χ4n) is 0.999. The van der Waals surface area contributed by atoms with Crippen molar-refractivity contribution in [3.63, 3.8) is 0 Å². The second kappa shape index (κ2) is 6.03. The number of aliphatic hydroxyl groups excluding tert-OH is 1. The van der Waals surface area contributed by atoms with E-state index < -0.39 is 11.9 Å². The van der Waals surface area contributed by atoms with E-state index in [-0.39, 0.29) is 12.5 Å². The highest BCUT2D eigenvalue weighted by Crippen LogP contribution is 2.13. The minimum absolute atomic E-state index is 0.224. The first-order valence-corrected chi connectivity index (χ1v) is 5.71. The topological polar surface area (TPSA) is 92.4 Å². The second-order valence-corrected chi connectivity index (χ2v) is 4.17. The quantitative estimate of drug-likeness (QED) is 0.645. The van der Waals surface area contributed by atoms with E-state index >= 15 is 0 Å². The van der Waals surface area contributed by atoms with Crippen molar-refractivity contribution in [3.8, 4) is 11.8 Å². The number of carbonyl (C=O) groups is 2. The van der Waals surface area contributed by atoms with E-state index in [2.05, 4.69) is 17.2 Å². The van der Waals surface area contributed by atoms with Crippen LogP contribution in [0.5, 0.6) is 0 Å². The van der Waals surface area contributed by atoms with E-state index in [1.54, 1.807) is 11.4 Å². The standard InChI is InChI=1S/C11H12N2O3S/c1-7(10(12)15)13-11(16)8-5-9(17-6-8)3-2-4-14/h5-7,14H,4H2,1H3,(H2,12,15)(H,13,16). The third-order valence-electron chi connectivity index (χ3n) is 1.93. The molecule has 2 amide bonds. The zero-order valence-corrected chi connectivity index (χ0v) is 10.0. The molecule has 0 saturated heterocycles. The van der Waals surface area contributed by atoms with Gasteiger partial charge < -0.3 is 16.2 Å². The molecule has 6 heteroatoms. The Bertz CT molecular complexity index is 484. The Hall–Kier alpha value is -1.84. The summed E-state index contributed by atoms with van der Waals surface area (Å²) in [6, 6.07) is 0.880. The van der Waals surface area contributed by atoms with Gasteiger partial charge in [-0.1, -0.05) is 11.8 Å². The molecule has 1 rings (SSSR count). The lowest BCUT2D eigenvalue weighted by atomic mass is 10.2. The van der Waals surface area contributed by atoms with Crippen molar-refractivity contribution in [2.75, 3.05) is 6.61 Å². The Morgan fingerprint density at radius 3 is 2.94 bits per heavy atom. The van der Waals surface area contributed by atoms with Crippen molar-refractivity contribution in [2.24, 2.45) is 5.73 Å². The van der Waals surface area contributed by atoms with Gasteiger partial charge in [-0.05, 0) is 13.0 Å². The summed E-state index contributed by atoms with van der Waals surface area (Å²) in [6.07, 6.45) is 0. The monoisotopic (exact) mass is 252 g/mol. The van der Waals surface area contributed by atoms with Crippen LogP contribution in [0.1, 0.15) is 22.2 Å². The van der Waals surface area contributed by atoms with Crippen LogP contribution in [0.15, 0.2) is 11.4 Å². The first-order chi connectivity index (χ1) is 8.04. The van der Waals surface area contributed by atoms with Gasteiger partial charge >= 0.3 is 0 Å². The summed E-state index contributed by atoms with van der Waals surface area (Å²) in [4.78, 5) is 23.1. The molecule has 17 heavy (non-hydrogen) atoms. The lowest BCUT2D eigenvalue weighted by molar-refractivity contribution is -0.119. The van der Waals surface area contributed by atoms with Crippen LogP contribution in [0.4, 0.5) is 0 Å². The maximum absolute atomic E-state index is 11.6. The lowest BCUT2D eigenvalue weighted by Crippen LogP contribution is -2.42. The Morgan fingerprint density at radius 1 is 1.65 bits per heavy atom.